The second kappa shape index (κ2) is 11.1. The molecule has 0 atom stereocenters. The number of hydrogen-bond acceptors (Lipinski definition) is 1. The molecule has 0 heterocycles. The number of nitrogens with one attached hydrogen (secondary N) is 2. The van der Waals surface area contributed by atoms with Crippen molar-refractivity contribution in [1.82, 2.24) is 10.6 Å². The summed E-state index contributed by atoms with van der Waals surface area (Å²) < 4.78 is 49.8. The molecule has 0 unspecified atom stereocenters. The van der Waals surface area contributed by atoms with Gasteiger partial charge in [0.1, 0.15) is 5.82 Å². The summed E-state index contributed by atoms with van der Waals surface area (Å²) in [5, 5.41) is 5.83. The highest BCUT2D eigenvalue weighted by Crippen LogP contribution is 2.19. The molecule has 0 radical (unpaired) electrons. The summed E-state index contributed by atoms with van der Waals surface area (Å²) in [4.78, 5) is 3.87. The van der Waals surface area contributed by atoms with Gasteiger partial charge in [0, 0.05) is 13.1 Å². The first-order valence-corrected chi connectivity index (χ1v) is 7.64. The van der Waals surface area contributed by atoms with Crippen molar-refractivity contribution in [1.29, 1.82) is 0 Å². The van der Waals surface area contributed by atoms with Gasteiger partial charge >= 0.3 is 6.18 Å². The zero-order valence-electron chi connectivity index (χ0n) is 12.5. The molecule has 2 N–H and O–H groups in total. The molecule has 0 bridgehead atoms. The van der Waals surface area contributed by atoms with Gasteiger partial charge in [0.25, 0.3) is 0 Å². The van der Waals surface area contributed by atoms with Gasteiger partial charge in [-0.05, 0) is 47.0 Å². The normalized spacial score (nSPS) is 11.8. The minimum absolute atomic E-state index is 0. The lowest BCUT2D eigenvalue weighted by Crippen LogP contribution is -2.38. The summed E-state index contributed by atoms with van der Waals surface area (Å²) in [6.45, 7) is 2.55. The lowest BCUT2D eigenvalue weighted by molar-refractivity contribution is -0.132. The Morgan fingerprint density at radius 2 is 1.96 bits per heavy atom. The van der Waals surface area contributed by atoms with E-state index in [-0.39, 0.29) is 36.3 Å². The van der Waals surface area contributed by atoms with Crippen molar-refractivity contribution in [3.05, 3.63) is 34.1 Å². The van der Waals surface area contributed by atoms with Crippen molar-refractivity contribution in [2.24, 2.45) is 4.99 Å². The van der Waals surface area contributed by atoms with Crippen LogP contribution >= 0.6 is 39.9 Å². The van der Waals surface area contributed by atoms with Gasteiger partial charge < -0.3 is 10.6 Å². The van der Waals surface area contributed by atoms with E-state index in [0.29, 0.717) is 29.9 Å². The van der Waals surface area contributed by atoms with Gasteiger partial charge in [0.15, 0.2) is 5.96 Å². The van der Waals surface area contributed by atoms with Crippen LogP contribution in [0.4, 0.5) is 17.6 Å². The van der Waals surface area contributed by atoms with Crippen LogP contribution in [0.3, 0.4) is 0 Å². The number of aliphatic imine (C=N–C) groups is 1. The Hall–Kier alpha value is -0.580. The molecule has 0 amide bonds. The molecule has 0 fully saturated rings. The molecule has 0 aliphatic rings. The highest BCUT2D eigenvalue weighted by molar-refractivity contribution is 14.0. The Bertz CT molecular complexity index is 509. The number of alkyl halides is 3. The van der Waals surface area contributed by atoms with Crippen molar-refractivity contribution in [3.63, 3.8) is 0 Å². The fraction of sp³-hybridized carbons (Fsp3) is 0.500. The Kier molecular flexibility index (Phi) is 10.8. The molecule has 3 nitrogen and oxygen atoms in total. The third kappa shape index (κ3) is 10.0. The van der Waals surface area contributed by atoms with E-state index >= 15 is 0 Å². The number of rotatable bonds is 6. The summed E-state index contributed by atoms with van der Waals surface area (Å²) in [5.41, 5.74) is 0.909. The van der Waals surface area contributed by atoms with Gasteiger partial charge in [-0.15, -0.1) is 24.0 Å². The fourth-order valence-electron chi connectivity index (χ4n) is 1.66. The van der Waals surface area contributed by atoms with Gasteiger partial charge in [0.05, 0.1) is 17.4 Å². The second-order valence-corrected chi connectivity index (χ2v) is 5.41. The smallest absolute Gasteiger partial charge is 0.357 e. The number of benzene rings is 1. The number of halogens is 6. The SMILES string of the molecule is CCNC(=NCCC(F)(F)F)NCCc1ccc(F)c(Br)c1.I. The minimum Gasteiger partial charge on any atom is -0.357 e. The molecule has 1 rings (SSSR count). The van der Waals surface area contributed by atoms with Crippen LogP contribution in [0, 0.1) is 5.82 Å². The summed E-state index contributed by atoms with van der Waals surface area (Å²) in [6.07, 6.45) is -4.56. The lowest BCUT2D eigenvalue weighted by atomic mass is 10.1. The van der Waals surface area contributed by atoms with Crippen molar-refractivity contribution in [3.8, 4) is 0 Å². The van der Waals surface area contributed by atoms with Gasteiger partial charge in [-0.3, -0.25) is 4.99 Å². The quantitative estimate of drug-likeness (QED) is 0.259. The van der Waals surface area contributed by atoms with Crippen molar-refractivity contribution in [2.75, 3.05) is 19.6 Å². The molecule has 1 aromatic carbocycles. The largest absolute Gasteiger partial charge is 0.390 e. The highest BCUT2D eigenvalue weighted by atomic mass is 127. The molecule has 0 spiro atoms. The van der Waals surface area contributed by atoms with E-state index in [1.165, 1.54) is 6.07 Å². The molecular formula is C14H19BrF4IN3. The molecule has 0 aliphatic carbocycles. The van der Waals surface area contributed by atoms with Crippen LogP contribution in [0.25, 0.3) is 0 Å². The Balaban J connectivity index is 0.00000484. The maximum atomic E-state index is 13.1. The van der Waals surface area contributed by atoms with Crippen LogP contribution in [-0.2, 0) is 6.42 Å². The zero-order chi connectivity index (χ0) is 16.6. The van der Waals surface area contributed by atoms with E-state index in [1.54, 1.807) is 12.1 Å². The maximum absolute atomic E-state index is 13.1. The van der Waals surface area contributed by atoms with E-state index in [9.17, 15) is 17.6 Å². The molecule has 0 aliphatic heterocycles. The monoisotopic (exact) mass is 511 g/mol. The van der Waals surface area contributed by atoms with Crippen LogP contribution in [0.15, 0.2) is 27.7 Å². The molecule has 0 aromatic heterocycles. The summed E-state index contributed by atoms with van der Waals surface area (Å²) in [6, 6.07) is 4.70. The standard InChI is InChI=1S/C14H18BrF4N3.HI/c1-2-20-13(22-8-6-14(17,18)19)21-7-5-10-3-4-12(16)11(15)9-10;/h3-4,9H,2,5-8H2,1H3,(H2,20,21,22);1H. The van der Waals surface area contributed by atoms with Crippen molar-refractivity contribution < 1.29 is 17.6 Å². The average molecular weight is 512 g/mol. The first-order valence-electron chi connectivity index (χ1n) is 6.84. The zero-order valence-corrected chi connectivity index (χ0v) is 16.4. The van der Waals surface area contributed by atoms with E-state index in [0.717, 1.165) is 5.56 Å². The van der Waals surface area contributed by atoms with Crippen LogP contribution in [0.2, 0.25) is 0 Å². The summed E-state index contributed by atoms with van der Waals surface area (Å²) >= 11 is 3.11. The van der Waals surface area contributed by atoms with Gasteiger partial charge in [0.2, 0.25) is 0 Å². The first kappa shape index (κ1) is 22.4. The highest BCUT2D eigenvalue weighted by Gasteiger charge is 2.26. The third-order valence-corrected chi connectivity index (χ3v) is 3.31. The third-order valence-electron chi connectivity index (χ3n) is 2.70. The maximum Gasteiger partial charge on any atom is 0.390 e. The van der Waals surface area contributed by atoms with Crippen LogP contribution < -0.4 is 10.6 Å². The Morgan fingerprint density at radius 1 is 1.26 bits per heavy atom. The number of nitrogens with zero attached hydrogens (tertiary/aromatic N) is 1. The molecular weight excluding hydrogens is 493 g/mol. The van der Waals surface area contributed by atoms with Crippen molar-refractivity contribution in [2.45, 2.75) is 25.9 Å². The fourth-order valence-corrected chi connectivity index (χ4v) is 2.08. The molecule has 9 heteroatoms. The Labute approximate surface area is 158 Å². The Morgan fingerprint density at radius 3 is 2.52 bits per heavy atom. The van der Waals surface area contributed by atoms with E-state index in [4.69, 9.17) is 0 Å². The molecule has 0 saturated carbocycles. The predicted molar refractivity (Wildman–Crippen MR) is 97.9 cm³/mol. The van der Waals surface area contributed by atoms with Crippen LogP contribution in [-0.4, -0.2) is 31.8 Å². The van der Waals surface area contributed by atoms with E-state index < -0.39 is 12.6 Å². The van der Waals surface area contributed by atoms with Gasteiger partial charge in [-0.25, -0.2) is 4.39 Å². The molecule has 0 saturated heterocycles. The van der Waals surface area contributed by atoms with E-state index in [2.05, 4.69) is 31.6 Å². The van der Waals surface area contributed by atoms with Gasteiger partial charge in [-0.1, -0.05) is 6.07 Å². The van der Waals surface area contributed by atoms with E-state index in [1.807, 2.05) is 6.92 Å². The van der Waals surface area contributed by atoms with Crippen molar-refractivity contribution >= 4 is 45.9 Å². The topological polar surface area (TPSA) is 36.4 Å². The van der Waals surface area contributed by atoms with Crippen LogP contribution in [0.1, 0.15) is 18.9 Å². The number of guanidine groups is 1. The van der Waals surface area contributed by atoms with Crippen LogP contribution in [0.5, 0.6) is 0 Å². The molecule has 1 aromatic rings. The minimum atomic E-state index is -4.21. The summed E-state index contributed by atoms with van der Waals surface area (Å²) in [5.74, 6) is 0.00619. The second-order valence-electron chi connectivity index (χ2n) is 4.55. The average Bonchev–Trinajstić information content (AvgIpc) is 2.41. The predicted octanol–water partition coefficient (Wildman–Crippen LogP) is 4.26. The number of hydrogen-bond donors (Lipinski definition) is 2. The first-order chi connectivity index (χ1) is 10.3. The molecule has 23 heavy (non-hydrogen) atoms. The molecule has 132 valence electrons. The van der Waals surface area contributed by atoms with Gasteiger partial charge in [-0.2, -0.15) is 13.2 Å². The lowest BCUT2D eigenvalue weighted by Gasteiger charge is -2.12. The summed E-state index contributed by atoms with van der Waals surface area (Å²) in [7, 11) is 0.